The first-order valence-corrected chi connectivity index (χ1v) is 8.88. The van der Waals surface area contributed by atoms with E-state index in [1.807, 2.05) is 17.0 Å². The van der Waals surface area contributed by atoms with E-state index < -0.39 is 0 Å². The molecule has 1 fully saturated rings. The number of carbonyl (C=O) groups is 1. The maximum atomic E-state index is 12.5. The molecule has 2 aromatic rings. The van der Waals surface area contributed by atoms with Crippen molar-refractivity contribution in [1.29, 1.82) is 0 Å². The molecule has 0 radical (unpaired) electrons. The Balaban J connectivity index is 1.35. The minimum Gasteiger partial charge on any atom is -0.454 e. The molecular weight excluding hydrogens is 330 g/mol. The van der Waals surface area contributed by atoms with Gasteiger partial charge in [-0.05, 0) is 49.2 Å². The van der Waals surface area contributed by atoms with E-state index in [2.05, 4.69) is 42.3 Å². The average Bonchev–Trinajstić information content (AvgIpc) is 3.12. The maximum absolute atomic E-state index is 12.5. The lowest BCUT2D eigenvalue weighted by Crippen LogP contribution is -2.50. The van der Waals surface area contributed by atoms with Gasteiger partial charge in [0.15, 0.2) is 11.5 Å². The van der Waals surface area contributed by atoms with Crippen LogP contribution in [-0.2, 0) is 0 Å². The molecule has 0 bridgehead atoms. The van der Waals surface area contributed by atoms with Crippen LogP contribution in [0.15, 0.2) is 36.4 Å². The van der Waals surface area contributed by atoms with E-state index in [4.69, 9.17) is 9.47 Å². The quantitative estimate of drug-likeness (QED) is 0.899. The Labute approximate surface area is 153 Å². The lowest BCUT2D eigenvalue weighted by atomic mass is 10.1. The van der Waals surface area contributed by atoms with Crippen molar-refractivity contribution in [3.8, 4) is 11.5 Å². The molecule has 0 atom stereocenters. The van der Waals surface area contributed by atoms with Crippen LogP contribution in [-0.4, -0.2) is 43.9 Å². The molecule has 2 aliphatic rings. The molecular formula is C20H23N3O3. The fraction of sp³-hybridized carbons (Fsp3) is 0.350. The molecule has 0 spiro atoms. The summed E-state index contributed by atoms with van der Waals surface area (Å²) in [7, 11) is 0. The summed E-state index contributed by atoms with van der Waals surface area (Å²) in [5.74, 6) is 1.38. The second-order valence-corrected chi connectivity index (χ2v) is 6.74. The molecule has 2 aromatic carbocycles. The van der Waals surface area contributed by atoms with E-state index in [9.17, 15) is 4.79 Å². The van der Waals surface area contributed by atoms with Crippen LogP contribution in [0.4, 0.5) is 16.2 Å². The number of nitrogens with zero attached hydrogens (tertiary/aromatic N) is 2. The Bertz CT molecular complexity index is 829. The smallest absolute Gasteiger partial charge is 0.321 e. The molecule has 0 aliphatic carbocycles. The fourth-order valence-corrected chi connectivity index (χ4v) is 3.27. The Morgan fingerprint density at radius 2 is 1.69 bits per heavy atom. The van der Waals surface area contributed by atoms with Crippen LogP contribution in [0.2, 0.25) is 0 Å². The fourth-order valence-electron chi connectivity index (χ4n) is 3.27. The molecule has 2 heterocycles. The van der Waals surface area contributed by atoms with Gasteiger partial charge in [0.2, 0.25) is 6.79 Å². The van der Waals surface area contributed by atoms with Gasteiger partial charge in [0, 0.05) is 43.6 Å². The number of hydrogen-bond donors (Lipinski definition) is 1. The van der Waals surface area contributed by atoms with E-state index in [1.54, 1.807) is 6.07 Å². The minimum atomic E-state index is -0.0800. The number of rotatable bonds is 2. The lowest BCUT2D eigenvalue weighted by molar-refractivity contribution is 0.174. The second kappa shape index (κ2) is 6.78. The second-order valence-electron chi connectivity index (χ2n) is 6.74. The third-order valence-corrected chi connectivity index (χ3v) is 5.05. The monoisotopic (exact) mass is 353 g/mol. The van der Waals surface area contributed by atoms with Gasteiger partial charge in [-0.25, -0.2) is 4.79 Å². The Kier molecular flexibility index (Phi) is 4.32. The van der Waals surface area contributed by atoms with Crippen molar-refractivity contribution in [2.75, 3.05) is 43.2 Å². The number of carbonyl (C=O) groups excluding carboxylic acids is 1. The standard InChI is InChI=1S/C20H23N3O3/c1-14-3-5-17(11-15(14)2)22-7-9-23(10-8-22)20(24)21-16-4-6-18-19(12-16)26-13-25-18/h3-6,11-12H,7-10,13H2,1-2H3,(H,21,24). The molecule has 1 N–H and O–H groups in total. The van der Waals surface area contributed by atoms with Crippen molar-refractivity contribution < 1.29 is 14.3 Å². The van der Waals surface area contributed by atoms with Crippen LogP contribution in [0.3, 0.4) is 0 Å². The summed E-state index contributed by atoms with van der Waals surface area (Å²) in [4.78, 5) is 16.7. The summed E-state index contributed by atoms with van der Waals surface area (Å²) in [5, 5.41) is 2.95. The van der Waals surface area contributed by atoms with Crippen molar-refractivity contribution in [3.63, 3.8) is 0 Å². The Morgan fingerprint density at radius 3 is 2.46 bits per heavy atom. The number of ether oxygens (including phenoxy) is 2. The molecule has 4 rings (SSSR count). The van der Waals surface area contributed by atoms with Gasteiger partial charge in [-0.15, -0.1) is 0 Å². The first-order chi connectivity index (χ1) is 12.6. The van der Waals surface area contributed by atoms with Crippen LogP contribution in [0.25, 0.3) is 0 Å². The van der Waals surface area contributed by atoms with Gasteiger partial charge in [0.1, 0.15) is 0 Å². The highest BCUT2D eigenvalue weighted by Gasteiger charge is 2.22. The first-order valence-electron chi connectivity index (χ1n) is 8.88. The SMILES string of the molecule is Cc1ccc(N2CCN(C(=O)Nc3ccc4c(c3)OCO4)CC2)cc1C. The lowest BCUT2D eigenvalue weighted by Gasteiger charge is -2.36. The normalized spacial score (nSPS) is 15.9. The summed E-state index contributed by atoms with van der Waals surface area (Å²) in [6.45, 7) is 7.54. The maximum Gasteiger partial charge on any atom is 0.321 e. The summed E-state index contributed by atoms with van der Waals surface area (Å²) in [6, 6.07) is 11.9. The molecule has 26 heavy (non-hydrogen) atoms. The minimum absolute atomic E-state index is 0.0800. The summed E-state index contributed by atoms with van der Waals surface area (Å²) < 4.78 is 10.6. The Hall–Kier alpha value is -2.89. The zero-order valence-corrected chi connectivity index (χ0v) is 15.1. The molecule has 6 heteroatoms. The molecule has 0 unspecified atom stereocenters. The molecule has 6 nitrogen and oxygen atoms in total. The highest BCUT2D eigenvalue weighted by molar-refractivity contribution is 5.90. The van der Waals surface area contributed by atoms with Crippen LogP contribution in [0.1, 0.15) is 11.1 Å². The number of nitrogens with one attached hydrogen (secondary N) is 1. The van der Waals surface area contributed by atoms with E-state index in [0.29, 0.717) is 24.6 Å². The van der Waals surface area contributed by atoms with Crippen molar-refractivity contribution in [2.24, 2.45) is 0 Å². The summed E-state index contributed by atoms with van der Waals surface area (Å²) in [6.07, 6.45) is 0. The number of amides is 2. The van der Waals surface area contributed by atoms with E-state index in [0.717, 1.165) is 18.8 Å². The van der Waals surface area contributed by atoms with E-state index in [-0.39, 0.29) is 12.8 Å². The van der Waals surface area contributed by atoms with Gasteiger partial charge in [-0.3, -0.25) is 0 Å². The highest BCUT2D eigenvalue weighted by atomic mass is 16.7. The number of urea groups is 1. The number of piperazine rings is 1. The molecule has 0 saturated carbocycles. The van der Waals surface area contributed by atoms with Crippen LogP contribution in [0.5, 0.6) is 11.5 Å². The number of aryl methyl sites for hydroxylation is 2. The molecule has 136 valence electrons. The van der Waals surface area contributed by atoms with Crippen molar-refractivity contribution in [1.82, 2.24) is 4.90 Å². The zero-order chi connectivity index (χ0) is 18.1. The predicted octanol–water partition coefficient (Wildman–Crippen LogP) is 3.39. The van der Waals surface area contributed by atoms with Crippen LogP contribution < -0.4 is 19.7 Å². The van der Waals surface area contributed by atoms with Crippen LogP contribution in [0, 0.1) is 13.8 Å². The number of benzene rings is 2. The van der Waals surface area contributed by atoms with E-state index >= 15 is 0 Å². The van der Waals surface area contributed by atoms with Gasteiger partial charge in [-0.1, -0.05) is 6.07 Å². The largest absolute Gasteiger partial charge is 0.454 e. The molecule has 1 saturated heterocycles. The van der Waals surface area contributed by atoms with Gasteiger partial charge >= 0.3 is 6.03 Å². The molecule has 0 aromatic heterocycles. The average molecular weight is 353 g/mol. The van der Waals surface area contributed by atoms with Crippen molar-refractivity contribution in [2.45, 2.75) is 13.8 Å². The van der Waals surface area contributed by atoms with Gasteiger partial charge in [-0.2, -0.15) is 0 Å². The predicted molar refractivity (Wildman–Crippen MR) is 101 cm³/mol. The summed E-state index contributed by atoms with van der Waals surface area (Å²) in [5.41, 5.74) is 4.54. The third-order valence-electron chi connectivity index (χ3n) is 5.05. The third kappa shape index (κ3) is 3.27. The Morgan fingerprint density at radius 1 is 0.923 bits per heavy atom. The molecule has 2 aliphatic heterocycles. The number of hydrogen-bond acceptors (Lipinski definition) is 4. The van der Waals surface area contributed by atoms with Gasteiger partial charge in [0.25, 0.3) is 0 Å². The van der Waals surface area contributed by atoms with Crippen molar-refractivity contribution in [3.05, 3.63) is 47.5 Å². The van der Waals surface area contributed by atoms with Crippen molar-refractivity contribution >= 4 is 17.4 Å². The van der Waals surface area contributed by atoms with Gasteiger partial charge in [0.05, 0.1) is 0 Å². The molecule has 2 amide bonds. The topological polar surface area (TPSA) is 54.0 Å². The highest BCUT2D eigenvalue weighted by Crippen LogP contribution is 2.34. The van der Waals surface area contributed by atoms with Gasteiger partial charge < -0.3 is 24.6 Å². The van der Waals surface area contributed by atoms with Crippen LogP contribution >= 0.6 is 0 Å². The summed E-state index contributed by atoms with van der Waals surface area (Å²) >= 11 is 0. The zero-order valence-electron chi connectivity index (χ0n) is 15.1. The number of fused-ring (bicyclic) bond motifs is 1. The van der Waals surface area contributed by atoms with E-state index in [1.165, 1.54) is 16.8 Å². The first kappa shape index (κ1) is 16.6. The number of anilines is 2.